The Morgan fingerprint density at radius 2 is 1.67 bits per heavy atom. The minimum atomic E-state index is -0.225. The zero-order valence-corrected chi connectivity index (χ0v) is 21.2. The standard InChI is InChI=1S/C30H35N3O3/c1-21-18-26(34)28(29(23-12-13-23)33(21)20-24-10-6-7-11-27(24)36-2)30(35)31-25-14-16-32(17-15-25)19-22-8-4-3-5-9-22/h3-11,18,23,25H,12-17,19-20H2,1-2H3,(H,31,35). The number of nitrogens with zero attached hydrogens (tertiary/aromatic N) is 2. The summed E-state index contributed by atoms with van der Waals surface area (Å²) < 4.78 is 7.71. The Kier molecular flexibility index (Phi) is 7.23. The number of carbonyl (C=O) groups excluding carboxylic acids is 1. The number of hydrogen-bond donors (Lipinski definition) is 1. The summed E-state index contributed by atoms with van der Waals surface area (Å²) in [7, 11) is 1.67. The molecule has 0 bridgehead atoms. The van der Waals surface area contributed by atoms with Gasteiger partial charge in [0, 0.05) is 54.6 Å². The fourth-order valence-corrected chi connectivity index (χ4v) is 5.35. The van der Waals surface area contributed by atoms with Crippen molar-refractivity contribution in [2.24, 2.45) is 0 Å². The molecule has 5 rings (SSSR count). The van der Waals surface area contributed by atoms with Crippen LogP contribution in [0.5, 0.6) is 5.75 Å². The lowest BCUT2D eigenvalue weighted by Crippen LogP contribution is -2.45. The molecule has 1 aromatic heterocycles. The van der Waals surface area contributed by atoms with E-state index < -0.39 is 0 Å². The summed E-state index contributed by atoms with van der Waals surface area (Å²) in [6.45, 7) is 5.31. The van der Waals surface area contributed by atoms with E-state index in [1.165, 1.54) is 5.56 Å². The van der Waals surface area contributed by atoms with Gasteiger partial charge < -0.3 is 14.6 Å². The van der Waals surface area contributed by atoms with Gasteiger partial charge in [-0.05, 0) is 44.2 Å². The van der Waals surface area contributed by atoms with Crippen LogP contribution in [0.3, 0.4) is 0 Å². The van der Waals surface area contributed by atoms with E-state index in [0.29, 0.717) is 12.1 Å². The first kappa shape index (κ1) is 24.3. The first-order valence-electron chi connectivity index (χ1n) is 13.0. The maximum absolute atomic E-state index is 13.5. The molecule has 1 N–H and O–H groups in total. The van der Waals surface area contributed by atoms with Crippen LogP contribution in [0.4, 0.5) is 0 Å². The molecule has 2 aliphatic rings. The second kappa shape index (κ2) is 10.7. The van der Waals surface area contributed by atoms with E-state index in [1.807, 2.05) is 37.3 Å². The molecule has 0 unspecified atom stereocenters. The van der Waals surface area contributed by atoms with E-state index in [9.17, 15) is 9.59 Å². The lowest BCUT2D eigenvalue weighted by molar-refractivity contribution is 0.0905. The third kappa shape index (κ3) is 5.39. The van der Waals surface area contributed by atoms with Crippen LogP contribution in [0.2, 0.25) is 0 Å². The van der Waals surface area contributed by atoms with Crippen LogP contribution < -0.4 is 15.5 Å². The highest BCUT2D eigenvalue weighted by Gasteiger charge is 2.34. The zero-order valence-electron chi connectivity index (χ0n) is 21.2. The minimum absolute atomic E-state index is 0.0833. The molecule has 1 saturated heterocycles. The molecule has 3 aromatic rings. The molecular formula is C30H35N3O3. The molecule has 2 aromatic carbocycles. The molecule has 1 amide bonds. The Labute approximate surface area is 212 Å². The molecule has 2 fully saturated rings. The van der Waals surface area contributed by atoms with Crippen molar-refractivity contribution in [2.45, 2.75) is 57.7 Å². The summed E-state index contributed by atoms with van der Waals surface area (Å²) in [6.07, 6.45) is 3.79. The summed E-state index contributed by atoms with van der Waals surface area (Å²) in [5.74, 6) is 0.837. The molecule has 1 aliphatic heterocycles. The number of nitrogens with one attached hydrogen (secondary N) is 1. The summed E-state index contributed by atoms with van der Waals surface area (Å²) in [4.78, 5) is 29.1. The van der Waals surface area contributed by atoms with Gasteiger partial charge in [-0.3, -0.25) is 14.5 Å². The Morgan fingerprint density at radius 3 is 2.36 bits per heavy atom. The van der Waals surface area contributed by atoms with Gasteiger partial charge in [0.25, 0.3) is 5.91 Å². The lowest BCUT2D eigenvalue weighted by Gasteiger charge is -2.32. The average Bonchev–Trinajstić information content (AvgIpc) is 3.73. The van der Waals surface area contributed by atoms with Gasteiger partial charge in [0.2, 0.25) is 0 Å². The Bertz CT molecular complexity index is 1270. The normalized spacial score (nSPS) is 16.6. The Hall–Kier alpha value is -3.38. The first-order chi connectivity index (χ1) is 17.5. The maximum Gasteiger partial charge on any atom is 0.257 e. The molecule has 2 heterocycles. The monoisotopic (exact) mass is 485 g/mol. The van der Waals surface area contributed by atoms with E-state index in [4.69, 9.17) is 4.74 Å². The fraction of sp³-hybridized carbons (Fsp3) is 0.400. The van der Waals surface area contributed by atoms with E-state index in [1.54, 1.807) is 13.2 Å². The molecule has 0 atom stereocenters. The third-order valence-corrected chi connectivity index (χ3v) is 7.44. The number of pyridine rings is 1. The average molecular weight is 486 g/mol. The molecule has 1 saturated carbocycles. The Morgan fingerprint density at radius 1 is 0.972 bits per heavy atom. The number of aryl methyl sites for hydroxylation is 1. The summed E-state index contributed by atoms with van der Waals surface area (Å²) in [5, 5.41) is 3.21. The van der Waals surface area contributed by atoms with E-state index >= 15 is 0 Å². The Balaban J connectivity index is 1.33. The number of para-hydroxylation sites is 1. The maximum atomic E-state index is 13.5. The van der Waals surface area contributed by atoms with Gasteiger partial charge in [0.05, 0.1) is 13.7 Å². The lowest BCUT2D eigenvalue weighted by atomic mass is 10.0. The fourth-order valence-electron chi connectivity index (χ4n) is 5.35. The van der Waals surface area contributed by atoms with Crippen LogP contribution >= 0.6 is 0 Å². The van der Waals surface area contributed by atoms with Gasteiger partial charge in [-0.25, -0.2) is 0 Å². The second-order valence-corrected chi connectivity index (χ2v) is 10.1. The molecule has 1 aliphatic carbocycles. The van der Waals surface area contributed by atoms with Crippen LogP contribution in [0.1, 0.15) is 64.5 Å². The molecule has 36 heavy (non-hydrogen) atoms. The number of aromatic nitrogens is 1. The van der Waals surface area contributed by atoms with Crippen molar-refractivity contribution in [3.05, 3.63) is 99.0 Å². The number of amides is 1. The highest BCUT2D eigenvalue weighted by Crippen LogP contribution is 2.42. The van der Waals surface area contributed by atoms with Crippen molar-refractivity contribution in [3.63, 3.8) is 0 Å². The molecular weight excluding hydrogens is 450 g/mol. The highest BCUT2D eigenvalue weighted by molar-refractivity contribution is 5.95. The molecule has 6 nitrogen and oxygen atoms in total. The minimum Gasteiger partial charge on any atom is -0.496 e. The summed E-state index contributed by atoms with van der Waals surface area (Å²) in [6, 6.07) is 20.1. The number of carbonyl (C=O) groups is 1. The smallest absolute Gasteiger partial charge is 0.257 e. The molecule has 188 valence electrons. The SMILES string of the molecule is COc1ccccc1Cn1c(C)cc(=O)c(C(=O)NC2CCN(Cc3ccccc3)CC2)c1C1CC1. The quantitative estimate of drug-likeness (QED) is 0.511. The number of ether oxygens (including phenoxy) is 1. The number of methoxy groups -OCH3 is 1. The van der Waals surface area contributed by atoms with Gasteiger partial charge in [-0.15, -0.1) is 0 Å². The number of hydrogen-bond acceptors (Lipinski definition) is 4. The highest BCUT2D eigenvalue weighted by atomic mass is 16.5. The van der Waals surface area contributed by atoms with Crippen molar-refractivity contribution in [1.29, 1.82) is 0 Å². The van der Waals surface area contributed by atoms with Gasteiger partial charge >= 0.3 is 0 Å². The summed E-state index contributed by atoms with van der Waals surface area (Å²) in [5.41, 5.74) is 4.24. The third-order valence-electron chi connectivity index (χ3n) is 7.44. The molecule has 6 heteroatoms. The van der Waals surface area contributed by atoms with Gasteiger partial charge in [0.1, 0.15) is 11.3 Å². The number of benzene rings is 2. The number of likely N-dealkylation sites (tertiary alicyclic amines) is 1. The van der Waals surface area contributed by atoms with Crippen LogP contribution in [-0.2, 0) is 13.1 Å². The van der Waals surface area contributed by atoms with Crippen molar-refractivity contribution >= 4 is 5.91 Å². The second-order valence-electron chi connectivity index (χ2n) is 10.1. The van der Waals surface area contributed by atoms with Gasteiger partial charge in [0.15, 0.2) is 5.43 Å². The molecule has 0 radical (unpaired) electrons. The van der Waals surface area contributed by atoms with Crippen molar-refractivity contribution < 1.29 is 9.53 Å². The van der Waals surface area contributed by atoms with Crippen molar-refractivity contribution in [3.8, 4) is 5.75 Å². The number of rotatable bonds is 8. The van der Waals surface area contributed by atoms with E-state index in [0.717, 1.165) is 68.0 Å². The van der Waals surface area contributed by atoms with E-state index in [2.05, 4.69) is 39.0 Å². The number of piperidine rings is 1. The van der Waals surface area contributed by atoms with Crippen LogP contribution in [0.25, 0.3) is 0 Å². The first-order valence-corrected chi connectivity index (χ1v) is 13.0. The van der Waals surface area contributed by atoms with E-state index in [-0.39, 0.29) is 23.3 Å². The predicted octanol–water partition coefficient (Wildman–Crippen LogP) is 4.49. The van der Waals surface area contributed by atoms with Crippen LogP contribution in [0, 0.1) is 6.92 Å². The zero-order chi connectivity index (χ0) is 25.1. The van der Waals surface area contributed by atoms with Crippen molar-refractivity contribution in [1.82, 2.24) is 14.8 Å². The molecule has 0 spiro atoms. The van der Waals surface area contributed by atoms with Crippen LogP contribution in [0.15, 0.2) is 65.5 Å². The largest absolute Gasteiger partial charge is 0.496 e. The topological polar surface area (TPSA) is 63.6 Å². The van der Waals surface area contributed by atoms with Crippen LogP contribution in [-0.4, -0.2) is 41.6 Å². The van der Waals surface area contributed by atoms with Gasteiger partial charge in [-0.2, -0.15) is 0 Å². The summed E-state index contributed by atoms with van der Waals surface area (Å²) >= 11 is 0. The van der Waals surface area contributed by atoms with Gasteiger partial charge in [-0.1, -0.05) is 48.5 Å². The van der Waals surface area contributed by atoms with Crippen molar-refractivity contribution in [2.75, 3.05) is 20.2 Å². The predicted molar refractivity (Wildman–Crippen MR) is 142 cm³/mol.